The highest BCUT2D eigenvalue weighted by Crippen LogP contribution is 2.74. The van der Waals surface area contributed by atoms with Gasteiger partial charge in [0.1, 0.15) is 0 Å². The average Bonchev–Trinajstić information content (AvgIpc) is 3.58. The Kier molecular flexibility index (Phi) is 5.73. The standard InChI is InChI=1S/C40H29NO3/c1-26-15-14-24-31(25-26)41-36(42)34-35(37(41)43)40(30-22-12-5-13-23-30)33(28-18-8-3-9-19-28)32(27-16-6-2-7-17-27)39(34,38(40)44)29-20-10-4-11-21-29/h2-25,34-35H,1H3/t34-,35+,39-,40-/m0/s1. The van der Waals surface area contributed by atoms with Crippen molar-refractivity contribution in [2.75, 3.05) is 4.90 Å². The summed E-state index contributed by atoms with van der Waals surface area (Å²) in [6.45, 7) is 1.95. The van der Waals surface area contributed by atoms with E-state index >= 15 is 4.79 Å². The molecule has 44 heavy (non-hydrogen) atoms. The summed E-state index contributed by atoms with van der Waals surface area (Å²) in [7, 11) is 0. The van der Waals surface area contributed by atoms with Gasteiger partial charge in [-0.1, -0.05) is 133 Å². The Labute approximate surface area is 256 Å². The van der Waals surface area contributed by atoms with Gasteiger partial charge in [-0.3, -0.25) is 14.4 Å². The lowest BCUT2D eigenvalue weighted by Gasteiger charge is -2.39. The van der Waals surface area contributed by atoms with Gasteiger partial charge in [-0.15, -0.1) is 0 Å². The van der Waals surface area contributed by atoms with Crippen molar-refractivity contribution >= 4 is 34.4 Å². The number of carbonyl (C=O) groups excluding carboxylic acids is 3. The Morgan fingerprint density at radius 2 is 0.909 bits per heavy atom. The highest BCUT2D eigenvalue weighted by atomic mass is 16.2. The van der Waals surface area contributed by atoms with Crippen LogP contribution in [0.1, 0.15) is 27.8 Å². The molecule has 2 fully saturated rings. The van der Waals surface area contributed by atoms with Gasteiger partial charge in [0.25, 0.3) is 0 Å². The Bertz CT molecular complexity index is 1860. The summed E-state index contributed by atoms with van der Waals surface area (Å²) >= 11 is 0. The van der Waals surface area contributed by atoms with E-state index in [-0.39, 0.29) is 17.6 Å². The number of benzene rings is 5. The molecule has 5 aromatic rings. The minimum absolute atomic E-state index is 0.110. The average molecular weight is 572 g/mol. The van der Waals surface area contributed by atoms with Gasteiger partial charge in [-0.2, -0.15) is 0 Å². The topological polar surface area (TPSA) is 54.5 Å². The lowest BCUT2D eigenvalue weighted by molar-refractivity contribution is -0.130. The molecule has 212 valence electrons. The normalized spacial score (nSPS) is 25.6. The number of fused-ring (bicyclic) bond motifs is 5. The minimum atomic E-state index is -1.39. The maximum Gasteiger partial charge on any atom is 0.239 e. The highest BCUT2D eigenvalue weighted by Gasteiger charge is 2.82. The van der Waals surface area contributed by atoms with Crippen molar-refractivity contribution in [3.8, 4) is 0 Å². The molecule has 0 N–H and O–H groups in total. The van der Waals surface area contributed by atoms with Crippen LogP contribution in [0, 0.1) is 18.8 Å². The predicted octanol–water partition coefficient (Wildman–Crippen LogP) is 7.18. The molecular formula is C40H29NO3. The first-order chi connectivity index (χ1) is 21.5. The maximum absolute atomic E-state index is 15.8. The molecule has 0 aromatic heterocycles. The second-order valence-electron chi connectivity index (χ2n) is 12.0. The van der Waals surface area contributed by atoms with Crippen molar-refractivity contribution in [2.24, 2.45) is 11.8 Å². The first-order valence-electron chi connectivity index (χ1n) is 15.0. The fourth-order valence-electron chi connectivity index (χ4n) is 8.36. The molecule has 4 atom stereocenters. The quantitative estimate of drug-likeness (QED) is 0.210. The van der Waals surface area contributed by atoms with E-state index in [9.17, 15) is 9.59 Å². The first kappa shape index (κ1) is 26.3. The molecule has 0 unspecified atom stereocenters. The summed E-state index contributed by atoms with van der Waals surface area (Å²) in [5.41, 5.74) is 3.51. The van der Waals surface area contributed by atoms with Crippen LogP contribution in [-0.2, 0) is 25.2 Å². The van der Waals surface area contributed by atoms with Crippen molar-refractivity contribution in [2.45, 2.75) is 17.8 Å². The zero-order valence-electron chi connectivity index (χ0n) is 24.2. The van der Waals surface area contributed by atoms with Gasteiger partial charge in [-0.25, -0.2) is 4.90 Å². The smallest absolute Gasteiger partial charge is 0.239 e. The highest BCUT2D eigenvalue weighted by molar-refractivity contribution is 6.39. The van der Waals surface area contributed by atoms with E-state index in [0.29, 0.717) is 5.69 Å². The first-order valence-corrected chi connectivity index (χ1v) is 15.0. The monoisotopic (exact) mass is 571 g/mol. The molecule has 0 radical (unpaired) electrons. The largest absolute Gasteiger partial charge is 0.297 e. The number of nitrogens with zero attached hydrogens (tertiary/aromatic N) is 1. The molecule has 8 rings (SSSR count). The summed E-state index contributed by atoms with van der Waals surface area (Å²) in [4.78, 5) is 47.1. The lowest BCUT2D eigenvalue weighted by atomic mass is 9.59. The molecule has 1 saturated heterocycles. The van der Waals surface area contributed by atoms with E-state index in [1.54, 1.807) is 0 Å². The van der Waals surface area contributed by atoms with E-state index in [4.69, 9.17) is 0 Å². The van der Waals surface area contributed by atoms with Crippen molar-refractivity contribution in [3.05, 3.63) is 173 Å². The third kappa shape index (κ3) is 3.20. The van der Waals surface area contributed by atoms with Crippen molar-refractivity contribution in [3.63, 3.8) is 0 Å². The number of ketones is 1. The molecule has 5 aromatic carbocycles. The molecule has 0 spiro atoms. The molecule has 1 saturated carbocycles. The van der Waals surface area contributed by atoms with Crippen LogP contribution in [0.25, 0.3) is 11.1 Å². The Hall–Kier alpha value is -5.35. The number of carbonyl (C=O) groups is 3. The van der Waals surface area contributed by atoms with E-state index in [1.165, 1.54) is 4.90 Å². The number of rotatable bonds is 5. The third-order valence-corrected chi connectivity index (χ3v) is 9.84. The summed E-state index contributed by atoms with van der Waals surface area (Å²) in [6.07, 6.45) is 0. The molecule has 1 aliphatic heterocycles. The third-order valence-electron chi connectivity index (χ3n) is 9.84. The lowest BCUT2D eigenvalue weighted by Crippen LogP contribution is -2.45. The number of imide groups is 1. The van der Waals surface area contributed by atoms with Crippen molar-refractivity contribution in [1.82, 2.24) is 0 Å². The Morgan fingerprint density at radius 1 is 0.500 bits per heavy atom. The summed E-state index contributed by atoms with van der Waals surface area (Å²) in [5.74, 6) is -2.62. The van der Waals surface area contributed by atoms with Gasteiger partial charge >= 0.3 is 0 Å². The van der Waals surface area contributed by atoms with Crippen LogP contribution < -0.4 is 4.90 Å². The number of amides is 2. The van der Waals surface area contributed by atoms with Gasteiger partial charge in [0.05, 0.1) is 28.4 Å². The molecule has 1 heterocycles. The molecular weight excluding hydrogens is 542 g/mol. The molecule has 3 aliphatic rings. The molecule has 2 bridgehead atoms. The van der Waals surface area contributed by atoms with Crippen LogP contribution in [0.3, 0.4) is 0 Å². The second-order valence-corrected chi connectivity index (χ2v) is 12.0. The Morgan fingerprint density at radius 3 is 1.32 bits per heavy atom. The van der Waals surface area contributed by atoms with E-state index in [2.05, 4.69) is 0 Å². The van der Waals surface area contributed by atoms with Crippen molar-refractivity contribution < 1.29 is 14.4 Å². The number of Topliss-reactive ketones (excluding diaryl/α,β-unsaturated/α-hetero) is 1. The summed E-state index contributed by atoms with van der Waals surface area (Å²) < 4.78 is 0. The van der Waals surface area contributed by atoms with Crippen LogP contribution in [0.2, 0.25) is 0 Å². The van der Waals surface area contributed by atoms with Crippen LogP contribution in [-0.4, -0.2) is 17.6 Å². The zero-order chi connectivity index (χ0) is 30.1. The number of hydrogen-bond acceptors (Lipinski definition) is 3. The summed E-state index contributed by atoms with van der Waals surface area (Å²) in [6, 6.07) is 46.6. The minimum Gasteiger partial charge on any atom is -0.297 e. The van der Waals surface area contributed by atoms with Gasteiger partial charge in [0, 0.05) is 0 Å². The zero-order valence-corrected chi connectivity index (χ0v) is 24.2. The number of anilines is 1. The van der Waals surface area contributed by atoms with Gasteiger partial charge < -0.3 is 0 Å². The van der Waals surface area contributed by atoms with E-state index in [0.717, 1.165) is 39.0 Å². The number of allylic oxidation sites excluding steroid dienone is 2. The van der Waals surface area contributed by atoms with Gasteiger partial charge in [0.2, 0.25) is 11.8 Å². The van der Waals surface area contributed by atoms with Crippen molar-refractivity contribution in [1.29, 1.82) is 0 Å². The fourth-order valence-corrected chi connectivity index (χ4v) is 8.36. The molecule has 4 heteroatoms. The fraction of sp³-hybridized carbons (Fsp3) is 0.125. The van der Waals surface area contributed by atoms with Crippen LogP contribution >= 0.6 is 0 Å². The van der Waals surface area contributed by atoms with Crippen LogP contribution in [0.5, 0.6) is 0 Å². The van der Waals surface area contributed by atoms with E-state index in [1.807, 2.05) is 153 Å². The van der Waals surface area contributed by atoms with E-state index < -0.39 is 22.7 Å². The number of hydrogen-bond donors (Lipinski definition) is 0. The molecule has 4 nitrogen and oxygen atoms in total. The summed E-state index contributed by atoms with van der Waals surface area (Å²) in [5, 5.41) is 0. The second kappa shape index (κ2) is 9.58. The SMILES string of the molecule is Cc1cccc(N2C(=O)[C@@H]3[C@H](C2=O)[C@@]2(c4ccccc4)C(=O)[C@@]3(c3ccccc3)C(c3ccccc3)=C2c2ccccc2)c1. The maximum atomic E-state index is 15.8. The molecule has 2 amide bonds. The van der Waals surface area contributed by atoms with Crippen LogP contribution in [0.15, 0.2) is 146 Å². The number of aryl methyl sites for hydroxylation is 1. The predicted molar refractivity (Wildman–Crippen MR) is 172 cm³/mol. The van der Waals surface area contributed by atoms with Gasteiger partial charge in [-0.05, 0) is 58.0 Å². The Balaban J connectivity index is 1.56. The van der Waals surface area contributed by atoms with Crippen LogP contribution in [0.4, 0.5) is 5.69 Å². The van der Waals surface area contributed by atoms with Gasteiger partial charge in [0.15, 0.2) is 5.78 Å². The molecule has 2 aliphatic carbocycles.